The summed E-state index contributed by atoms with van der Waals surface area (Å²) < 4.78 is 35.6. The number of aryl methyl sites for hydroxylation is 1. The Balaban J connectivity index is 2.40. The van der Waals surface area contributed by atoms with E-state index in [1.165, 1.54) is 0 Å². The number of halogens is 3. The summed E-state index contributed by atoms with van der Waals surface area (Å²) in [6, 6.07) is 6.96. The molecule has 0 saturated carbocycles. The van der Waals surface area contributed by atoms with Crippen molar-refractivity contribution in [3.05, 3.63) is 35.4 Å². The third-order valence-electron chi connectivity index (χ3n) is 2.75. The first-order valence-electron chi connectivity index (χ1n) is 6.27. The topological polar surface area (TPSA) is 46.2 Å². The predicted molar refractivity (Wildman–Crippen MR) is 68.4 cm³/mol. The molecule has 20 heavy (non-hydrogen) atoms. The van der Waals surface area contributed by atoms with Gasteiger partial charge in [-0.25, -0.2) is 0 Å². The Morgan fingerprint density at radius 1 is 1.10 bits per heavy atom. The predicted octanol–water partition coefficient (Wildman–Crippen LogP) is 2.89. The summed E-state index contributed by atoms with van der Waals surface area (Å²) >= 11 is 0. The average Bonchev–Trinajstić information content (AvgIpc) is 2.41. The van der Waals surface area contributed by atoms with Crippen LogP contribution in [0.4, 0.5) is 13.2 Å². The van der Waals surface area contributed by atoms with E-state index in [1.807, 2.05) is 19.1 Å². The number of nitrogens with one attached hydrogen (secondary N) is 1. The van der Waals surface area contributed by atoms with Gasteiger partial charge in [0, 0.05) is 18.4 Å². The lowest BCUT2D eigenvalue weighted by Crippen LogP contribution is -2.33. The monoisotopic (exact) mass is 287 g/mol. The number of amides is 1. The van der Waals surface area contributed by atoms with E-state index in [1.54, 1.807) is 17.4 Å². The quantitative estimate of drug-likeness (QED) is 0.818. The number of hydrogen-bond donors (Lipinski definition) is 1. The number of Topliss-reactive ketones (excluding diaryl/α,β-unsaturated/α-hetero) is 1. The van der Waals surface area contributed by atoms with Crippen LogP contribution in [0.3, 0.4) is 0 Å². The van der Waals surface area contributed by atoms with Crippen molar-refractivity contribution in [1.82, 2.24) is 5.32 Å². The van der Waals surface area contributed by atoms with Crippen LogP contribution in [-0.2, 0) is 11.2 Å². The van der Waals surface area contributed by atoms with Gasteiger partial charge in [0.05, 0.1) is 0 Å². The second-order valence-electron chi connectivity index (χ2n) is 4.37. The molecule has 1 N–H and O–H groups in total. The van der Waals surface area contributed by atoms with Crippen molar-refractivity contribution >= 4 is 11.7 Å². The molecule has 0 aliphatic rings. The summed E-state index contributed by atoms with van der Waals surface area (Å²) in [5, 5.41) is 1.73. The highest BCUT2D eigenvalue weighted by Crippen LogP contribution is 2.13. The zero-order chi connectivity index (χ0) is 15.2. The molecule has 0 aliphatic heterocycles. The van der Waals surface area contributed by atoms with E-state index >= 15 is 0 Å². The van der Waals surface area contributed by atoms with Crippen molar-refractivity contribution in [1.29, 1.82) is 0 Å². The molecule has 1 aromatic carbocycles. The van der Waals surface area contributed by atoms with E-state index < -0.39 is 18.6 Å². The SMILES string of the molecule is CCc1ccc(C(=O)CCC(=O)NCC(F)(F)F)cc1. The molecule has 0 unspecified atom stereocenters. The van der Waals surface area contributed by atoms with Gasteiger partial charge in [0.15, 0.2) is 5.78 Å². The highest BCUT2D eigenvalue weighted by molar-refractivity contribution is 5.97. The van der Waals surface area contributed by atoms with Gasteiger partial charge in [0.25, 0.3) is 0 Å². The van der Waals surface area contributed by atoms with Crippen LogP contribution in [0.2, 0.25) is 0 Å². The first-order valence-corrected chi connectivity index (χ1v) is 6.27. The van der Waals surface area contributed by atoms with Crippen LogP contribution < -0.4 is 5.32 Å². The average molecular weight is 287 g/mol. The van der Waals surface area contributed by atoms with E-state index in [4.69, 9.17) is 0 Å². The minimum atomic E-state index is -4.43. The molecular weight excluding hydrogens is 271 g/mol. The first kappa shape index (κ1) is 16.2. The minimum absolute atomic E-state index is 0.102. The van der Waals surface area contributed by atoms with Crippen molar-refractivity contribution < 1.29 is 22.8 Å². The Morgan fingerprint density at radius 2 is 1.70 bits per heavy atom. The molecule has 0 bridgehead atoms. The third-order valence-corrected chi connectivity index (χ3v) is 2.75. The van der Waals surface area contributed by atoms with E-state index in [2.05, 4.69) is 0 Å². The highest BCUT2D eigenvalue weighted by atomic mass is 19.4. The zero-order valence-corrected chi connectivity index (χ0v) is 11.1. The summed E-state index contributed by atoms with van der Waals surface area (Å²) in [5.74, 6) is -1.03. The van der Waals surface area contributed by atoms with Gasteiger partial charge in [-0.05, 0) is 12.0 Å². The maximum absolute atomic E-state index is 11.9. The second-order valence-corrected chi connectivity index (χ2v) is 4.37. The fraction of sp³-hybridized carbons (Fsp3) is 0.429. The van der Waals surface area contributed by atoms with Crippen molar-refractivity contribution in [2.75, 3.05) is 6.54 Å². The summed E-state index contributed by atoms with van der Waals surface area (Å²) in [6.07, 6.45) is -3.93. The van der Waals surface area contributed by atoms with Gasteiger partial charge in [0.1, 0.15) is 6.54 Å². The molecule has 3 nitrogen and oxygen atoms in total. The number of carbonyl (C=O) groups excluding carboxylic acids is 2. The summed E-state index contributed by atoms with van der Waals surface area (Å²) in [6.45, 7) is 0.618. The van der Waals surface area contributed by atoms with E-state index in [9.17, 15) is 22.8 Å². The Kier molecular flexibility index (Phi) is 5.73. The Morgan fingerprint density at radius 3 is 2.20 bits per heavy atom. The maximum atomic E-state index is 11.9. The van der Waals surface area contributed by atoms with Crippen LogP contribution in [-0.4, -0.2) is 24.4 Å². The van der Waals surface area contributed by atoms with Gasteiger partial charge in [-0.3, -0.25) is 9.59 Å². The normalized spacial score (nSPS) is 11.2. The molecule has 1 rings (SSSR count). The highest BCUT2D eigenvalue weighted by Gasteiger charge is 2.27. The van der Waals surface area contributed by atoms with Gasteiger partial charge in [-0.1, -0.05) is 31.2 Å². The number of hydrogen-bond acceptors (Lipinski definition) is 2. The number of carbonyl (C=O) groups is 2. The third kappa shape index (κ3) is 5.86. The van der Waals surface area contributed by atoms with Crippen LogP contribution in [0.25, 0.3) is 0 Å². The van der Waals surface area contributed by atoms with Crippen molar-refractivity contribution in [3.8, 4) is 0 Å². The number of alkyl halides is 3. The van der Waals surface area contributed by atoms with Crippen LogP contribution >= 0.6 is 0 Å². The maximum Gasteiger partial charge on any atom is 0.405 e. The fourth-order valence-electron chi connectivity index (χ4n) is 1.58. The molecule has 1 amide bonds. The molecule has 0 fully saturated rings. The fourth-order valence-corrected chi connectivity index (χ4v) is 1.58. The van der Waals surface area contributed by atoms with Crippen LogP contribution in [0, 0.1) is 0 Å². The number of rotatable bonds is 6. The molecule has 1 aromatic rings. The van der Waals surface area contributed by atoms with Gasteiger partial charge in [-0.15, -0.1) is 0 Å². The van der Waals surface area contributed by atoms with E-state index in [-0.39, 0.29) is 18.6 Å². The molecule has 6 heteroatoms. The van der Waals surface area contributed by atoms with Crippen molar-refractivity contribution in [3.63, 3.8) is 0 Å². The van der Waals surface area contributed by atoms with Gasteiger partial charge < -0.3 is 5.32 Å². The lowest BCUT2D eigenvalue weighted by molar-refractivity contribution is -0.138. The number of benzene rings is 1. The molecule has 0 radical (unpaired) electrons. The van der Waals surface area contributed by atoms with Crippen LogP contribution in [0.15, 0.2) is 24.3 Å². The standard InChI is InChI=1S/C14H16F3NO2/c1-2-10-3-5-11(6-4-10)12(19)7-8-13(20)18-9-14(15,16)17/h3-6H,2,7-9H2,1H3,(H,18,20). The van der Waals surface area contributed by atoms with Gasteiger partial charge in [-0.2, -0.15) is 13.2 Å². The molecule has 0 heterocycles. The molecule has 0 spiro atoms. The van der Waals surface area contributed by atoms with Gasteiger partial charge in [0.2, 0.25) is 5.91 Å². The molecule has 0 atom stereocenters. The van der Waals surface area contributed by atoms with Crippen molar-refractivity contribution in [2.24, 2.45) is 0 Å². The molecule has 0 aromatic heterocycles. The second kappa shape index (κ2) is 7.07. The lowest BCUT2D eigenvalue weighted by Gasteiger charge is -2.08. The summed E-state index contributed by atoms with van der Waals surface area (Å²) in [5.41, 5.74) is 1.55. The molecule has 0 aliphatic carbocycles. The van der Waals surface area contributed by atoms with E-state index in [0.717, 1.165) is 12.0 Å². The summed E-state index contributed by atoms with van der Waals surface area (Å²) in [7, 11) is 0. The summed E-state index contributed by atoms with van der Waals surface area (Å²) in [4.78, 5) is 22.9. The van der Waals surface area contributed by atoms with E-state index in [0.29, 0.717) is 5.56 Å². The van der Waals surface area contributed by atoms with Crippen LogP contribution in [0.5, 0.6) is 0 Å². The lowest BCUT2D eigenvalue weighted by atomic mass is 10.0. The largest absolute Gasteiger partial charge is 0.405 e. The zero-order valence-electron chi connectivity index (χ0n) is 11.1. The molecule has 0 saturated heterocycles. The molecule has 110 valence electrons. The van der Waals surface area contributed by atoms with Crippen LogP contribution in [0.1, 0.15) is 35.7 Å². The van der Waals surface area contributed by atoms with Gasteiger partial charge >= 0.3 is 6.18 Å². The molecular formula is C14H16F3NO2. The van der Waals surface area contributed by atoms with Crippen molar-refractivity contribution in [2.45, 2.75) is 32.4 Å². The Bertz CT molecular complexity index is 466. The number of ketones is 1. The Hall–Kier alpha value is -1.85. The smallest absolute Gasteiger partial charge is 0.347 e. The Labute approximate surface area is 115 Å². The first-order chi connectivity index (χ1) is 9.31. The minimum Gasteiger partial charge on any atom is -0.347 e.